The molecule has 0 saturated carbocycles. The quantitative estimate of drug-likeness (QED) is 0.0261. The molecule has 0 radical (unpaired) electrons. The molecule has 0 amide bonds. The average molecular weight is 1110 g/mol. The van der Waals surface area contributed by atoms with Gasteiger partial charge in [-0.3, -0.25) is 14.4 Å². The Balaban J connectivity index is 4.52. The molecule has 0 fully saturated rings. The van der Waals surface area contributed by atoms with Gasteiger partial charge >= 0.3 is 17.9 Å². The van der Waals surface area contributed by atoms with E-state index in [1.54, 1.807) is 6.08 Å². The zero-order valence-electron chi connectivity index (χ0n) is 51.5. The maximum absolute atomic E-state index is 12.9. The number of hydrogen-bond donors (Lipinski definition) is 0. The molecular formula is C75H114O6. The average Bonchev–Trinajstić information content (AvgIpc) is 3.47. The minimum absolute atomic E-state index is 0.107. The van der Waals surface area contributed by atoms with E-state index in [1.165, 1.54) is 57.8 Å². The molecule has 0 N–H and O–H groups in total. The maximum atomic E-state index is 12.9. The lowest BCUT2D eigenvalue weighted by atomic mass is 10.0. The summed E-state index contributed by atoms with van der Waals surface area (Å²) < 4.78 is 16.8. The summed E-state index contributed by atoms with van der Waals surface area (Å²) in [6.07, 6.45) is 102. The highest BCUT2D eigenvalue weighted by Gasteiger charge is 2.19. The summed E-state index contributed by atoms with van der Waals surface area (Å²) in [5, 5.41) is 0. The first-order valence-electron chi connectivity index (χ1n) is 31.9. The highest BCUT2D eigenvalue weighted by atomic mass is 16.6. The van der Waals surface area contributed by atoms with Crippen molar-refractivity contribution in [2.45, 2.75) is 245 Å². The number of esters is 3. The van der Waals surface area contributed by atoms with E-state index in [2.05, 4.69) is 203 Å². The van der Waals surface area contributed by atoms with Crippen LogP contribution >= 0.6 is 0 Å². The predicted molar refractivity (Wildman–Crippen MR) is 352 cm³/mol. The zero-order valence-corrected chi connectivity index (χ0v) is 51.5. The summed E-state index contributed by atoms with van der Waals surface area (Å²) in [5.41, 5.74) is 0. The van der Waals surface area contributed by atoms with Crippen molar-refractivity contribution in [1.29, 1.82) is 0 Å². The summed E-state index contributed by atoms with van der Waals surface area (Å²) in [6, 6.07) is 0. The van der Waals surface area contributed by atoms with Crippen molar-refractivity contribution < 1.29 is 28.6 Å². The van der Waals surface area contributed by atoms with Crippen LogP contribution in [-0.4, -0.2) is 37.2 Å². The Hall–Kier alpha value is -5.75. The van der Waals surface area contributed by atoms with Crippen molar-refractivity contribution in [3.05, 3.63) is 194 Å². The van der Waals surface area contributed by atoms with Gasteiger partial charge < -0.3 is 14.2 Å². The van der Waals surface area contributed by atoms with E-state index in [9.17, 15) is 14.4 Å². The highest BCUT2D eigenvalue weighted by Crippen LogP contribution is 2.14. The third-order valence-electron chi connectivity index (χ3n) is 12.6. The molecule has 1 atom stereocenters. The van der Waals surface area contributed by atoms with Crippen LogP contribution < -0.4 is 0 Å². The zero-order chi connectivity index (χ0) is 58.5. The van der Waals surface area contributed by atoms with E-state index >= 15 is 0 Å². The van der Waals surface area contributed by atoms with E-state index in [0.717, 1.165) is 135 Å². The highest BCUT2D eigenvalue weighted by molar-refractivity contribution is 5.72. The molecular weight excluding hydrogens is 997 g/mol. The fourth-order valence-electron chi connectivity index (χ4n) is 7.96. The molecule has 0 aromatic heterocycles. The standard InChI is InChI=1S/C75H114O6/c1-4-7-10-13-16-19-22-25-28-30-32-34-35-36-37-38-39-41-42-44-47-50-53-56-59-62-65-68-74(77)80-71-72(70-79-73(76)67-64-61-58-55-52-49-46-27-24-21-18-15-12-9-6-3)81-75(78)69-66-63-60-57-54-51-48-45-43-40-33-31-29-26-23-20-17-14-11-8-5-2/h7-12,16-21,25-29,32-34,36-37,40,45-46,48,52,54-55,57,61,64,72H,4-6,13-15,22-24,30-31,35,38-39,41-44,47,49-51,53,56,58-60,62-63,65-71H2,1-3H3/b10-7-,11-8-,12-9-,19-16-,20-17-,21-18-,28-25-,29-26-,34-32-,37-36-,40-33-,46-27-,48-45-,55-52-,57-54-,64-61-. The van der Waals surface area contributed by atoms with Gasteiger partial charge in [-0.2, -0.15) is 0 Å². The Morgan fingerprint density at radius 3 is 0.827 bits per heavy atom. The molecule has 0 aromatic carbocycles. The minimum atomic E-state index is -0.856. The molecule has 0 rings (SSSR count). The van der Waals surface area contributed by atoms with Gasteiger partial charge in [-0.15, -0.1) is 0 Å². The second-order valence-corrected chi connectivity index (χ2v) is 20.2. The molecule has 1 unspecified atom stereocenters. The fraction of sp³-hybridized carbons (Fsp3) is 0.533. The van der Waals surface area contributed by atoms with Crippen molar-refractivity contribution in [2.75, 3.05) is 13.2 Å². The summed E-state index contributed by atoms with van der Waals surface area (Å²) >= 11 is 0. The normalized spacial score (nSPS) is 13.5. The molecule has 0 heterocycles. The Morgan fingerprint density at radius 1 is 0.259 bits per heavy atom. The van der Waals surface area contributed by atoms with Gasteiger partial charge in [0.2, 0.25) is 0 Å². The second kappa shape index (κ2) is 66.8. The van der Waals surface area contributed by atoms with Crippen LogP contribution in [0.1, 0.15) is 239 Å². The predicted octanol–water partition coefficient (Wildman–Crippen LogP) is 22.2. The van der Waals surface area contributed by atoms with E-state index in [1.807, 2.05) is 6.08 Å². The van der Waals surface area contributed by atoms with Crippen molar-refractivity contribution in [3.8, 4) is 0 Å². The number of allylic oxidation sites excluding steroid dienone is 31. The summed E-state index contributed by atoms with van der Waals surface area (Å²) in [6.45, 7) is 6.16. The molecule has 0 spiro atoms. The van der Waals surface area contributed by atoms with Gasteiger partial charge in [-0.05, 0) is 141 Å². The number of unbranched alkanes of at least 4 members (excludes halogenated alkanes) is 13. The molecule has 6 heteroatoms. The monoisotopic (exact) mass is 1110 g/mol. The first kappa shape index (κ1) is 75.2. The summed E-state index contributed by atoms with van der Waals surface area (Å²) in [5.74, 6) is -1.13. The second-order valence-electron chi connectivity index (χ2n) is 20.2. The van der Waals surface area contributed by atoms with E-state index < -0.39 is 12.1 Å². The Kier molecular flexibility index (Phi) is 62.0. The van der Waals surface area contributed by atoms with E-state index in [-0.39, 0.29) is 38.0 Å². The molecule has 6 nitrogen and oxygen atoms in total. The lowest BCUT2D eigenvalue weighted by molar-refractivity contribution is -0.166. The molecule has 0 saturated heterocycles. The van der Waals surface area contributed by atoms with Crippen LogP contribution in [0.15, 0.2) is 194 Å². The minimum Gasteiger partial charge on any atom is -0.462 e. The van der Waals surface area contributed by atoms with Gasteiger partial charge in [-0.1, -0.05) is 273 Å². The first-order chi connectivity index (χ1) is 40.0. The molecule has 450 valence electrons. The Bertz CT molecular complexity index is 1950. The third-order valence-corrected chi connectivity index (χ3v) is 12.6. The largest absolute Gasteiger partial charge is 0.462 e. The molecule has 81 heavy (non-hydrogen) atoms. The number of carbonyl (C=O) groups excluding carboxylic acids is 3. The maximum Gasteiger partial charge on any atom is 0.309 e. The van der Waals surface area contributed by atoms with Gasteiger partial charge in [0.15, 0.2) is 6.10 Å². The molecule has 0 bridgehead atoms. The molecule has 0 aliphatic heterocycles. The van der Waals surface area contributed by atoms with Crippen molar-refractivity contribution in [3.63, 3.8) is 0 Å². The fourth-order valence-corrected chi connectivity index (χ4v) is 7.96. The SMILES string of the molecule is CC/C=C\C/C=C\C/C=C\C/C=C\C/C=C\C/C=C\CCCCC(=O)OC(COC(=O)C/C=C\C/C=C\C/C=C\C/C=C\C/C=C\CC)COC(=O)CCCCCCCCCCCCC/C=C\C/C=C\C/C=C\C/C=C\C/C=C\CC. The van der Waals surface area contributed by atoms with Crippen molar-refractivity contribution in [1.82, 2.24) is 0 Å². The van der Waals surface area contributed by atoms with Gasteiger partial charge in [0.1, 0.15) is 13.2 Å². The Morgan fingerprint density at radius 2 is 0.494 bits per heavy atom. The first-order valence-corrected chi connectivity index (χ1v) is 31.9. The van der Waals surface area contributed by atoms with Crippen LogP contribution in [0.5, 0.6) is 0 Å². The van der Waals surface area contributed by atoms with Crippen molar-refractivity contribution >= 4 is 17.9 Å². The van der Waals surface area contributed by atoms with Crippen LogP contribution in [0.3, 0.4) is 0 Å². The van der Waals surface area contributed by atoms with E-state index in [4.69, 9.17) is 14.2 Å². The molecule has 0 aliphatic rings. The number of rotatable bonds is 55. The van der Waals surface area contributed by atoms with Crippen LogP contribution in [0.25, 0.3) is 0 Å². The van der Waals surface area contributed by atoms with Crippen LogP contribution in [0, 0.1) is 0 Å². The van der Waals surface area contributed by atoms with Crippen LogP contribution in [0.2, 0.25) is 0 Å². The van der Waals surface area contributed by atoms with Gasteiger partial charge in [0.25, 0.3) is 0 Å². The number of ether oxygens (including phenoxy) is 3. The Labute approximate surface area is 497 Å². The van der Waals surface area contributed by atoms with Crippen LogP contribution in [-0.2, 0) is 28.6 Å². The topological polar surface area (TPSA) is 78.9 Å². The van der Waals surface area contributed by atoms with E-state index in [0.29, 0.717) is 12.8 Å². The van der Waals surface area contributed by atoms with Crippen molar-refractivity contribution in [2.24, 2.45) is 0 Å². The lowest BCUT2D eigenvalue weighted by Crippen LogP contribution is -2.30. The number of hydrogen-bond acceptors (Lipinski definition) is 6. The summed E-state index contributed by atoms with van der Waals surface area (Å²) in [4.78, 5) is 38.3. The lowest BCUT2D eigenvalue weighted by Gasteiger charge is -2.18. The van der Waals surface area contributed by atoms with Gasteiger partial charge in [0.05, 0.1) is 6.42 Å². The van der Waals surface area contributed by atoms with Gasteiger partial charge in [-0.25, -0.2) is 0 Å². The molecule has 0 aliphatic carbocycles. The smallest absolute Gasteiger partial charge is 0.309 e. The van der Waals surface area contributed by atoms with Gasteiger partial charge in [0, 0.05) is 12.8 Å². The third kappa shape index (κ3) is 64.9. The number of carbonyl (C=O) groups is 3. The summed E-state index contributed by atoms with van der Waals surface area (Å²) in [7, 11) is 0. The molecule has 0 aromatic rings. The van der Waals surface area contributed by atoms with Crippen LogP contribution in [0.4, 0.5) is 0 Å².